The molecule has 14 heavy (non-hydrogen) atoms. The molecule has 1 amide bonds. The lowest BCUT2D eigenvalue weighted by molar-refractivity contribution is -0.0759. The SMILES string of the molecule is CON(C)C(=O)c1ccnc(Cl)c1F. The molecule has 0 N–H and O–H groups in total. The molecule has 76 valence electrons. The van der Waals surface area contributed by atoms with Gasteiger partial charge < -0.3 is 0 Å². The van der Waals surface area contributed by atoms with Crippen LogP contribution in [-0.4, -0.2) is 30.1 Å². The maximum Gasteiger partial charge on any atom is 0.280 e. The highest BCUT2D eigenvalue weighted by Crippen LogP contribution is 2.16. The Morgan fingerprint density at radius 3 is 2.93 bits per heavy atom. The van der Waals surface area contributed by atoms with Gasteiger partial charge in [-0.05, 0) is 6.07 Å². The molecule has 1 aromatic heterocycles. The van der Waals surface area contributed by atoms with Gasteiger partial charge >= 0.3 is 0 Å². The molecule has 1 aromatic rings. The molecule has 1 heterocycles. The first-order chi connectivity index (χ1) is 6.57. The molecule has 0 aliphatic rings. The average molecular weight is 219 g/mol. The van der Waals surface area contributed by atoms with Gasteiger partial charge in [0, 0.05) is 13.2 Å². The van der Waals surface area contributed by atoms with Crippen molar-refractivity contribution in [2.24, 2.45) is 0 Å². The number of carbonyl (C=O) groups is 1. The Kier molecular flexibility index (Phi) is 3.38. The second-order valence-corrected chi connectivity index (χ2v) is 2.81. The van der Waals surface area contributed by atoms with Gasteiger partial charge in [-0.25, -0.2) is 14.4 Å². The van der Waals surface area contributed by atoms with E-state index in [0.29, 0.717) is 0 Å². The van der Waals surface area contributed by atoms with Crippen molar-refractivity contribution in [1.82, 2.24) is 10.0 Å². The number of halogens is 2. The fourth-order valence-corrected chi connectivity index (χ4v) is 0.994. The lowest BCUT2D eigenvalue weighted by Crippen LogP contribution is -2.26. The van der Waals surface area contributed by atoms with E-state index < -0.39 is 11.7 Å². The molecular formula is C8H8ClFN2O2. The largest absolute Gasteiger partial charge is 0.280 e. The van der Waals surface area contributed by atoms with Crippen LogP contribution >= 0.6 is 11.6 Å². The Morgan fingerprint density at radius 1 is 1.71 bits per heavy atom. The van der Waals surface area contributed by atoms with E-state index in [4.69, 9.17) is 11.6 Å². The van der Waals surface area contributed by atoms with E-state index in [1.54, 1.807) is 0 Å². The number of pyridine rings is 1. The van der Waals surface area contributed by atoms with E-state index >= 15 is 0 Å². The van der Waals surface area contributed by atoms with Crippen molar-refractivity contribution in [2.45, 2.75) is 0 Å². The molecule has 0 aliphatic heterocycles. The number of hydroxylamine groups is 2. The molecule has 0 saturated heterocycles. The average Bonchev–Trinajstić information content (AvgIpc) is 2.20. The van der Waals surface area contributed by atoms with Crippen molar-refractivity contribution in [1.29, 1.82) is 0 Å². The van der Waals surface area contributed by atoms with E-state index in [1.807, 2.05) is 0 Å². The van der Waals surface area contributed by atoms with Crippen LogP contribution in [0.15, 0.2) is 12.3 Å². The number of rotatable bonds is 2. The summed E-state index contributed by atoms with van der Waals surface area (Å²) in [4.78, 5) is 19.5. The van der Waals surface area contributed by atoms with Crippen molar-refractivity contribution in [3.8, 4) is 0 Å². The number of hydrogen-bond acceptors (Lipinski definition) is 3. The van der Waals surface area contributed by atoms with Crippen LogP contribution in [0.2, 0.25) is 5.15 Å². The Hall–Kier alpha value is -1.20. The number of amides is 1. The predicted molar refractivity (Wildman–Crippen MR) is 48.3 cm³/mol. The maximum absolute atomic E-state index is 13.3. The van der Waals surface area contributed by atoms with Crippen LogP contribution in [0, 0.1) is 5.82 Å². The lowest BCUT2D eigenvalue weighted by atomic mass is 10.2. The van der Waals surface area contributed by atoms with Crippen molar-refractivity contribution in [3.63, 3.8) is 0 Å². The monoisotopic (exact) mass is 218 g/mol. The standard InChI is InChI=1S/C8H8ClFN2O2/c1-12(14-2)8(13)5-3-4-11-7(9)6(5)10/h3-4H,1-2H3. The van der Waals surface area contributed by atoms with Gasteiger partial charge in [0.15, 0.2) is 11.0 Å². The van der Waals surface area contributed by atoms with Crippen molar-refractivity contribution in [3.05, 3.63) is 28.8 Å². The third kappa shape index (κ3) is 2.00. The summed E-state index contributed by atoms with van der Waals surface area (Å²) in [5, 5.41) is 0.565. The van der Waals surface area contributed by atoms with Crippen LogP contribution in [0.4, 0.5) is 4.39 Å². The summed E-state index contributed by atoms with van der Waals surface area (Å²) >= 11 is 5.41. The van der Waals surface area contributed by atoms with Crippen LogP contribution < -0.4 is 0 Å². The fourth-order valence-electron chi connectivity index (χ4n) is 0.836. The number of aromatic nitrogens is 1. The first-order valence-corrected chi connectivity index (χ1v) is 4.08. The first-order valence-electron chi connectivity index (χ1n) is 3.70. The second kappa shape index (κ2) is 4.34. The van der Waals surface area contributed by atoms with E-state index in [1.165, 1.54) is 26.4 Å². The highest BCUT2D eigenvalue weighted by molar-refractivity contribution is 6.29. The minimum Gasteiger partial charge on any atom is -0.274 e. The van der Waals surface area contributed by atoms with Crippen molar-refractivity contribution < 1.29 is 14.0 Å². The third-order valence-corrected chi connectivity index (χ3v) is 1.90. The summed E-state index contributed by atoms with van der Waals surface area (Å²) in [5.74, 6) is -1.46. The van der Waals surface area contributed by atoms with Gasteiger partial charge in [0.2, 0.25) is 0 Å². The van der Waals surface area contributed by atoms with Crippen LogP contribution in [-0.2, 0) is 4.84 Å². The molecule has 0 spiro atoms. The maximum atomic E-state index is 13.3. The van der Waals surface area contributed by atoms with Crippen molar-refractivity contribution >= 4 is 17.5 Å². The number of hydrogen-bond donors (Lipinski definition) is 0. The molecule has 0 aliphatic carbocycles. The minimum atomic E-state index is -0.844. The molecule has 0 saturated carbocycles. The van der Waals surface area contributed by atoms with Gasteiger partial charge in [-0.3, -0.25) is 9.63 Å². The van der Waals surface area contributed by atoms with E-state index in [9.17, 15) is 9.18 Å². The zero-order valence-corrected chi connectivity index (χ0v) is 8.38. The van der Waals surface area contributed by atoms with E-state index in [-0.39, 0.29) is 10.7 Å². The van der Waals surface area contributed by atoms with Crippen LogP contribution in [0.5, 0.6) is 0 Å². The molecule has 4 nitrogen and oxygen atoms in total. The summed E-state index contributed by atoms with van der Waals surface area (Å²) in [6.45, 7) is 0. The molecule has 0 fully saturated rings. The molecule has 0 radical (unpaired) electrons. The first kappa shape index (κ1) is 10.9. The van der Waals surface area contributed by atoms with Gasteiger partial charge in [-0.1, -0.05) is 11.6 Å². The summed E-state index contributed by atoms with van der Waals surface area (Å²) in [5.41, 5.74) is -0.172. The van der Waals surface area contributed by atoms with Crippen LogP contribution in [0.25, 0.3) is 0 Å². The Morgan fingerprint density at radius 2 is 2.36 bits per heavy atom. The van der Waals surface area contributed by atoms with Gasteiger partial charge in [-0.2, -0.15) is 0 Å². The molecular weight excluding hydrogens is 211 g/mol. The molecule has 0 unspecified atom stereocenters. The fraction of sp³-hybridized carbons (Fsp3) is 0.250. The van der Waals surface area contributed by atoms with Crippen LogP contribution in [0.1, 0.15) is 10.4 Å². The topological polar surface area (TPSA) is 42.4 Å². The second-order valence-electron chi connectivity index (χ2n) is 2.45. The van der Waals surface area contributed by atoms with Gasteiger partial charge in [0.1, 0.15) is 0 Å². The third-order valence-electron chi connectivity index (χ3n) is 1.64. The minimum absolute atomic E-state index is 0.172. The number of nitrogens with zero attached hydrogens (tertiary/aromatic N) is 2. The molecule has 0 bridgehead atoms. The quantitative estimate of drug-likeness (QED) is 0.558. The van der Waals surface area contributed by atoms with Crippen LogP contribution in [0.3, 0.4) is 0 Å². The zero-order chi connectivity index (χ0) is 10.7. The molecule has 0 aromatic carbocycles. The highest BCUT2D eigenvalue weighted by atomic mass is 35.5. The predicted octanol–water partition coefficient (Wildman–Crippen LogP) is 1.51. The highest BCUT2D eigenvalue weighted by Gasteiger charge is 2.18. The Bertz CT molecular complexity index is 359. The van der Waals surface area contributed by atoms with Gasteiger partial charge in [0.25, 0.3) is 5.91 Å². The summed E-state index contributed by atoms with van der Waals surface area (Å²) in [6.07, 6.45) is 1.25. The van der Waals surface area contributed by atoms with E-state index in [2.05, 4.69) is 9.82 Å². The van der Waals surface area contributed by atoms with Gasteiger partial charge in [0.05, 0.1) is 12.7 Å². The molecule has 0 atom stereocenters. The Balaban J connectivity index is 3.07. The molecule has 1 rings (SSSR count). The number of carbonyl (C=O) groups excluding carboxylic acids is 1. The Labute approximate surface area is 85.2 Å². The molecule has 6 heteroatoms. The lowest BCUT2D eigenvalue weighted by Gasteiger charge is -2.13. The smallest absolute Gasteiger partial charge is 0.274 e. The summed E-state index contributed by atoms with van der Waals surface area (Å²) < 4.78 is 13.3. The zero-order valence-electron chi connectivity index (χ0n) is 7.62. The normalized spacial score (nSPS) is 10.0. The summed E-state index contributed by atoms with van der Waals surface area (Å²) in [7, 11) is 2.68. The van der Waals surface area contributed by atoms with Gasteiger partial charge in [-0.15, -0.1) is 0 Å². The summed E-state index contributed by atoms with van der Waals surface area (Å²) in [6, 6.07) is 1.24. The van der Waals surface area contributed by atoms with E-state index in [0.717, 1.165) is 5.06 Å². The van der Waals surface area contributed by atoms with Crippen molar-refractivity contribution in [2.75, 3.05) is 14.2 Å².